The SMILES string of the molecule is CCOC(=O)C(F)(F)c1cc(-c2ncccn2)ccc1OCc1ccccc1. The lowest BCUT2D eigenvalue weighted by Crippen LogP contribution is -2.29. The summed E-state index contributed by atoms with van der Waals surface area (Å²) >= 11 is 0. The van der Waals surface area contributed by atoms with Gasteiger partial charge in [-0.15, -0.1) is 0 Å². The lowest BCUT2D eigenvalue weighted by Gasteiger charge is -2.19. The summed E-state index contributed by atoms with van der Waals surface area (Å²) < 4.78 is 39.8. The van der Waals surface area contributed by atoms with Crippen LogP contribution in [0.15, 0.2) is 67.0 Å². The molecule has 0 saturated carbocycles. The quantitative estimate of drug-likeness (QED) is 0.566. The highest BCUT2D eigenvalue weighted by Crippen LogP contribution is 2.38. The summed E-state index contributed by atoms with van der Waals surface area (Å²) in [5.41, 5.74) is 0.557. The number of ether oxygens (including phenoxy) is 2. The average Bonchev–Trinajstić information content (AvgIpc) is 2.73. The molecule has 7 heteroatoms. The Morgan fingerprint density at radius 3 is 2.43 bits per heavy atom. The van der Waals surface area contributed by atoms with Gasteiger partial charge in [0, 0.05) is 18.0 Å². The molecule has 0 fully saturated rings. The summed E-state index contributed by atoms with van der Waals surface area (Å²) in [6, 6.07) is 14.9. The molecule has 28 heavy (non-hydrogen) atoms. The highest BCUT2D eigenvalue weighted by molar-refractivity contribution is 5.81. The summed E-state index contributed by atoms with van der Waals surface area (Å²) in [5.74, 6) is -5.36. The molecule has 5 nitrogen and oxygen atoms in total. The van der Waals surface area contributed by atoms with E-state index in [1.165, 1.54) is 25.4 Å². The van der Waals surface area contributed by atoms with Gasteiger partial charge in [-0.2, -0.15) is 8.78 Å². The molecule has 0 spiro atoms. The number of halogens is 2. The summed E-state index contributed by atoms with van der Waals surface area (Å²) in [6.45, 7) is 1.39. The van der Waals surface area contributed by atoms with Gasteiger partial charge in [0.15, 0.2) is 5.82 Å². The van der Waals surface area contributed by atoms with Crippen LogP contribution in [0.2, 0.25) is 0 Å². The third kappa shape index (κ3) is 4.31. The molecule has 0 atom stereocenters. The van der Waals surface area contributed by atoms with Gasteiger partial charge in [-0.05, 0) is 36.8 Å². The smallest absolute Gasteiger partial charge is 0.382 e. The van der Waals surface area contributed by atoms with Crippen molar-refractivity contribution in [1.29, 1.82) is 0 Å². The molecule has 0 aliphatic carbocycles. The maximum atomic E-state index is 14.8. The van der Waals surface area contributed by atoms with E-state index in [0.29, 0.717) is 5.56 Å². The zero-order valence-corrected chi connectivity index (χ0v) is 15.1. The second kappa shape index (κ2) is 8.56. The molecule has 0 aliphatic rings. The van der Waals surface area contributed by atoms with Crippen molar-refractivity contribution < 1.29 is 23.0 Å². The van der Waals surface area contributed by atoms with Gasteiger partial charge in [-0.25, -0.2) is 14.8 Å². The Kier molecular flexibility index (Phi) is 5.93. The summed E-state index contributed by atoms with van der Waals surface area (Å²) in [6.07, 6.45) is 3.01. The van der Waals surface area contributed by atoms with Gasteiger partial charge in [-0.3, -0.25) is 0 Å². The molecular formula is C21H18F2N2O3. The molecule has 0 radical (unpaired) electrons. The number of benzene rings is 2. The van der Waals surface area contributed by atoms with Crippen LogP contribution in [0.1, 0.15) is 18.1 Å². The molecular weight excluding hydrogens is 366 g/mol. The normalized spacial score (nSPS) is 11.1. The van der Waals surface area contributed by atoms with Crippen molar-refractivity contribution in [2.24, 2.45) is 0 Å². The number of carbonyl (C=O) groups excluding carboxylic acids is 1. The first-order chi connectivity index (χ1) is 13.5. The van der Waals surface area contributed by atoms with E-state index in [9.17, 15) is 13.6 Å². The number of hydrogen-bond donors (Lipinski definition) is 0. The van der Waals surface area contributed by atoms with E-state index in [4.69, 9.17) is 4.74 Å². The lowest BCUT2D eigenvalue weighted by molar-refractivity contribution is -0.173. The minimum atomic E-state index is -3.88. The first-order valence-corrected chi connectivity index (χ1v) is 8.66. The average molecular weight is 384 g/mol. The van der Waals surface area contributed by atoms with Gasteiger partial charge in [-0.1, -0.05) is 30.3 Å². The van der Waals surface area contributed by atoms with E-state index < -0.39 is 17.5 Å². The van der Waals surface area contributed by atoms with E-state index in [2.05, 4.69) is 14.7 Å². The van der Waals surface area contributed by atoms with Crippen molar-refractivity contribution in [3.05, 3.63) is 78.1 Å². The zero-order chi connectivity index (χ0) is 20.0. The van der Waals surface area contributed by atoms with Gasteiger partial charge in [0.05, 0.1) is 12.2 Å². The minimum Gasteiger partial charge on any atom is -0.488 e. The molecule has 0 bridgehead atoms. The number of nitrogens with zero attached hydrogens (tertiary/aromatic N) is 2. The fraction of sp³-hybridized carbons (Fsp3) is 0.190. The fourth-order valence-corrected chi connectivity index (χ4v) is 2.56. The maximum absolute atomic E-state index is 14.8. The summed E-state index contributed by atoms with van der Waals surface area (Å²) in [5, 5.41) is 0. The Morgan fingerprint density at radius 1 is 1.04 bits per heavy atom. The van der Waals surface area contributed by atoms with Gasteiger partial charge in [0.2, 0.25) is 0 Å². The lowest BCUT2D eigenvalue weighted by atomic mass is 10.0. The number of hydrogen-bond acceptors (Lipinski definition) is 5. The van der Waals surface area contributed by atoms with Gasteiger partial charge < -0.3 is 9.47 Å². The first kappa shape index (κ1) is 19.4. The standard InChI is InChI=1S/C21H18F2N2O3/c1-2-27-20(26)21(22,23)17-13-16(19-24-11-6-12-25-19)9-10-18(17)28-14-15-7-4-3-5-8-15/h3-13H,2,14H2,1H3. The molecule has 3 aromatic rings. The topological polar surface area (TPSA) is 61.3 Å². The van der Waals surface area contributed by atoms with E-state index in [-0.39, 0.29) is 24.8 Å². The summed E-state index contributed by atoms with van der Waals surface area (Å²) in [7, 11) is 0. The van der Waals surface area contributed by atoms with Crippen molar-refractivity contribution in [2.45, 2.75) is 19.5 Å². The minimum absolute atomic E-state index is 0.0773. The van der Waals surface area contributed by atoms with Gasteiger partial charge in [0.1, 0.15) is 12.4 Å². The number of rotatable bonds is 7. The summed E-state index contributed by atoms with van der Waals surface area (Å²) in [4.78, 5) is 20.0. The molecule has 144 valence electrons. The van der Waals surface area contributed by atoms with Crippen LogP contribution in [0.25, 0.3) is 11.4 Å². The molecule has 0 aliphatic heterocycles. The fourth-order valence-electron chi connectivity index (χ4n) is 2.56. The highest BCUT2D eigenvalue weighted by Gasteiger charge is 2.45. The number of carbonyl (C=O) groups is 1. The number of esters is 1. The molecule has 3 rings (SSSR count). The highest BCUT2D eigenvalue weighted by atomic mass is 19.3. The second-order valence-corrected chi connectivity index (χ2v) is 5.85. The predicted octanol–water partition coefficient (Wildman–Crippen LogP) is 4.38. The molecule has 0 unspecified atom stereocenters. The largest absolute Gasteiger partial charge is 0.488 e. The monoisotopic (exact) mass is 384 g/mol. The van der Waals surface area contributed by atoms with E-state index in [1.807, 2.05) is 30.3 Å². The van der Waals surface area contributed by atoms with E-state index in [0.717, 1.165) is 11.6 Å². The van der Waals surface area contributed by atoms with Crippen LogP contribution in [-0.4, -0.2) is 22.5 Å². The maximum Gasteiger partial charge on any atom is 0.382 e. The van der Waals surface area contributed by atoms with Gasteiger partial charge >= 0.3 is 11.9 Å². The number of aromatic nitrogens is 2. The van der Waals surface area contributed by atoms with Crippen LogP contribution in [0.3, 0.4) is 0 Å². The van der Waals surface area contributed by atoms with E-state index in [1.54, 1.807) is 12.1 Å². The van der Waals surface area contributed by atoms with Crippen molar-refractivity contribution in [1.82, 2.24) is 9.97 Å². The molecule has 2 aromatic carbocycles. The van der Waals surface area contributed by atoms with Crippen LogP contribution in [0.5, 0.6) is 5.75 Å². The Balaban J connectivity index is 1.99. The molecule has 0 N–H and O–H groups in total. The Labute approximate surface area is 161 Å². The van der Waals surface area contributed by atoms with Crippen LogP contribution >= 0.6 is 0 Å². The molecule has 1 heterocycles. The third-order valence-corrected chi connectivity index (χ3v) is 3.91. The van der Waals surface area contributed by atoms with Crippen LogP contribution in [0, 0.1) is 0 Å². The number of alkyl halides is 2. The zero-order valence-electron chi connectivity index (χ0n) is 15.1. The third-order valence-electron chi connectivity index (χ3n) is 3.91. The van der Waals surface area contributed by atoms with Crippen LogP contribution < -0.4 is 4.74 Å². The van der Waals surface area contributed by atoms with Crippen molar-refractivity contribution in [3.8, 4) is 17.1 Å². The molecule has 0 amide bonds. The van der Waals surface area contributed by atoms with Crippen molar-refractivity contribution >= 4 is 5.97 Å². The van der Waals surface area contributed by atoms with Crippen LogP contribution in [-0.2, 0) is 22.1 Å². The molecule has 1 aromatic heterocycles. The first-order valence-electron chi connectivity index (χ1n) is 8.66. The Bertz CT molecular complexity index is 935. The van der Waals surface area contributed by atoms with Gasteiger partial charge in [0.25, 0.3) is 0 Å². The molecule has 0 saturated heterocycles. The van der Waals surface area contributed by atoms with Crippen molar-refractivity contribution in [3.63, 3.8) is 0 Å². The Morgan fingerprint density at radius 2 is 1.75 bits per heavy atom. The second-order valence-electron chi connectivity index (χ2n) is 5.85. The predicted molar refractivity (Wildman–Crippen MR) is 98.8 cm³/mol. The van der Waals surface area contributed by atoms with E-state index >= 15 is 0 Å². The van der Waals surface area contributed by atoms with Crippen molar-refractivity contribution in [2.75, 3.05) is 6.61 Å². The Hall–Kier alpha value is -3.35. The van der Waals surface area contributed by atoms with Crippen LogP contribution in [0.4, 0.5) is 8.78 Å².